The van der Waals surface area contributed by atoms with E-state index in [0.29, 0.717) is 12.1 Å². The molecule has 0 aliphatic carbocycles. The highest BCUT2D eigenvalue weighted by Gasteiger charge is 2.04. The lowest BCUT2D eigenvalue weighted by Gasteiger charge is -2.05. The van der Waals surface area contributed by atoms with Gasteiger partial charge in [0.15, 0.2) is 0 Å². The van der Waals surface area contributed by atoms with Crippen molar-refractivity contribution in [3.8, 4) is 0 Å². The Bertz CT molecular complexity index is 520. The maximum atomic E-state index is 9.07. The molecule has 2 aromatic rings. The lowest BCUT2D eigenvalue weighted by atomic mass is 10.0. The summed E-state index contributed by atoms with van der Waals surface area (Å²) < 4.78 is 0. The zero-order chi connectivity index (χ0) is 12.8. The van der Waals surface area contributed by atoms with Crippen LogP contribution in [0.1, 0.15) is 17.5 Å². The van der Waals surface area contributed by atoms with Crippen molar-refractivity contribution in [2.24, 2.45) is 5.16 Å². The standard InChI is InChI=1S/C15H14ClNO/c16-14-9-6-12(7-10-14)8-11-15(17-18)13-4-2-1-3-5-13/h1-7,9-10,18H,8,11H2/b17-15-. The van der Waals surface area contributed by atoms with Crippen LogP contribution in [0.4, 0.5) is 0 Å². The smallest absolute Gasteiger partial charge is 0.0871 e. The molecule has 0 amide bonds. The number of hydrogen-bond donors (Lipinski definition) is 1. The molecule has 0 atom stereocenters. The van der Waals surface area contributed by atoms with Gasteiger partial charge in [0.2, 0.25) is 0 Å². The van der Waals surface area contributed by atoms with E-state index in [1.54, 1.807) is 0 Å². The van der Waals surface area contributed by atoms with Crippen molar-refractivity contribution in [1.82, 2.24) is 0 Å². The van der Waals surface area contributed by atoms with Crippen molar-refractivity contribution in [2.45, 2.75) is 12.8 Å². The molecule has 0 aliphatic rings. The van der Waals surface area contributed by atoms with E-state index in [1.165, 1.54) is 5.56 Å². The van der Waals surface area contributed by atoms with Gasteiger partial charge in [-0.15, -0.1) is 0 Å². The summed E-state index contributed by atoms with van der Waals surface area (Å²) >= 11 is 5.83. The zero-order valence-corrected chi connectivity index (χ0v) is 10.6. The van der Waals surface area contributed by atoms with Crippen LogP contribution in [0.15, 0.2) is 59.8 Å². The van der Waals surface area contributed by atoms with E-state index >= 15 is 0 Å². The predicted molar refractivity (Wildman–Crippen MR) is 74.5 cm³/mol. The van der Waals surface area contributed by atoms with Crippen molar-refractivity contribution in [1.29, 1.82) is 0 Å². The zero-order valence-electron chi connectivity index (χ0n) is 9.88. The van der Waals surface area contributed by atoms with Gasteiger partial charge in [0.25, 0.3) is 0 Å². The molecule has 0 aromatic heterocycles. The van der Waals surface area contributed by atoms with Crippen LogP contribution in [0.3, 0.4) is 0 Å². The summed E-state index contributed by atoms with van der Waals surface area (Å²) in [6, 6.07) is 17.4. The molecule has 0 fully saturated rings. The minimum absolute atomic E-state index is 0.697. The highest BCUT2D eigenvalue weighted by molar-refractivity contribution is 6.30. The first-order chi connectivity index (χ1) is 8.79. The summed E-state index contributed by atoms with van der Waals surface area (Å²) in [5.74, 6) is 0. The van der Waals surface area contributed by atoms with Gasteiger partial charge in [0.1, 0.15) is 0 Å². The Morgan fingerprint density at radius 3 is 2.28 bits per heavy atom. The van der Waals surface area contributed by atoms with Crippen LogP contribution in [-0.2, 0) is 6.42 Å². The Labute approximate surface area is 112 Å². The lowest BCUT2D eigenvalue weighted by molar-refractivity contribution is 0.318. The van der Waals surface area contributed by atoms with E-state index in [-0.39, 0.29) is 0 Å². The Balaban J connectivity index is 2.03. The molecule has 0 heterocycles. The lowest BCUT2D eigenvalue weighted by Crippen LogP contribution is -2.02. The summed E-state index contributed by atoms with van der Waals surface area (Å²) in [4.78, 5) is 0. The van der Waals surface area contributed by atoms with Crippen molar-refractivity contribution >= 4 is 17.3 Å². The molecular weight excluding hydrogens is 246 g/mol. The number of benzene rings is 2. The molecule has 2 aromatic carbocycles. The van der Waals surface area contributed by atoms with E-state index in [9.17, 15) is 0 Å². The van der Waals surface area contributed by atoms with Gasteiger partial charge in [-0.2, -0.15) is 0 Å². The minimum atomic E-state index is 0.697. The Morgan fingerprint density at radius 2 is 1.67 bits per heavy atom. The van der Waals surface area contributed by atoms with Crippen LogP contribution < -0.4 is 0 Å². The van der Waals surface area contributed by atoms with Crippen LogP contribution in [-0.4, -0.2) is 10.9 Å². The first-order valence-electron chi connectivity index (χ1n) is 5.80. The van der Waals surface area contributed by atoms with Gasteiger partial charge in [-0.25, -0.2) is 0 Å². The molecule has 0 radical (unpaired) electrons. The molecule has 0 aliphatic heterocycles. The number of oxime groups is 1. The van der Waals surface area contributed by atoms with Gasteiger partial charge >= 0.3 is 0 Å². The molecular formula is C15H14ClNO. The number of nitrogens with zero attached hydrogens (tertiary/aromatic N) is 1. The monoisotopic (exact) mass is 259 g/mol. The molecule has 0 unspecified atom stereocenters. The maximum Gasteiger partial charge on any atom is 0.0871 e. The predicted octanol–water partition coefficient (Wildman–Crippen LogP) is 4.15. The quantitative estimate of drug-likeness (QED) is 0.499. The Kier molecular flexibility index (Phi) is 4.37. The van der Waals surface area contributed by atoms with Crippen molar-refractivity contribution < 1.29 is 5.21 Å². The third kappa shape index (κ3) is 3.34. The minimum Gasteiger partial charge on any atom is -0.411 e. The molecule has 0 bridgehead atoms. The van der Waals surface area contributed by atoms with E-state index in [2.05, 4.69) is 5.16 Å². The van der Waals surface area contributed by atoms with Gasteiger partial charge in [-0.3, -0.25) is 0 Å². The number of halogens is 1. The van der Waals surface area contributed by atoms with Crippen LogP contribution in [0.5, 0.6) is 0 Å². The molecule has 0 saturated heterocycles. The van der Waals surface area contributed by atoms with E-state index in [0.717, 1.165) is 17.0 Å². The molecule has 1 N–H and O–H groups in total. The van der Waals surface area contributed by atoms with Crippen LogP contribution in [0.25, 0.3) is 0 Å². The van der Waals surface area contributed by atoms with Crippen LogP contribution in [0, 0.1) is 0 Å². The van der Waals surface area contributed by atoms with E-state index < -0.39 is 0 Å². The molecule has 2 nitrogen and oxygen atoms in total. The van der Waals surface area contributed by atoms with E-state index in [1.807, 2.05) is 54.6 Å². The third-order valence-electron chi connectivity index (χ3n) is 2.79. The van der Waals surface area contributed by atoms with Crippen molar-refractivity contribution in [3.63, 3.8) is 0 Å². The fourth-order valence-electron chi connectivity index (χ4n) is 1.80. The number of aryl methyl sites for hydroxylation is 1. The third-order valence-corrected chi connectivity index (χ3v) is 3.04. The Hall–Kier alpha value is -1.80. The van der Waals surface area contributed by atoms with Gasteiger partial charge < -0.3 is 5.21 Å². The highest BCUT2D eigenvalue weighted by Crippen LogP contribution is 2.13. The topological polar surface area (TPSA) is 32.6 Å². The van der Waals surface area contributed by atoms with Gasteiger partial charge in [-0.05, 0) is 36.1 Å². The second-order valence-electron chi connectivity index (χ2n) is 4.04. The summed E-state index contributed by atoms with van der Waals surface area (Å²) in [5.41, 5.74) is 2.83. The largest absolute Gasteiger partial charge is 0.411 e. The van der Waals surface area contributed by atoms with Gasteiger partial charge in [-0.1, -0.05) is 59.2 Å². The summed E-state index contributed by atoms with van der Waals surface area (Å²) in [7, 11) is 0. The second-order valence-corrected chi connectivity index (χ2v) is 4.48. The summed E-state index contributed by atoms with van der Waals surface area (Å²) in [5, 5.41) is 13.2. The maximum absolute atomic E-state index is 9.07. The number of hydrogen-bond acceptors (Lipinski definition) is 2. The summed E-state index contributed by atoms with van der Waals surface area (Å²) in [6.45, 7) is 0. The van der Waals surface area contributed by atoms with Gasteiger partial charge in [0, 0.05) is 5.02 Å². The molecule has 2 rings (SSSR count). The fraction of sp³-hybridized carbons (Fsp3) is 0.133. The molecule has 3 heteroatoms. The van der Waals surface area contributed by atoms with Crippen LogP contribution >= 0.6 is 11.6 Å². The summed E-state index contributed by atoms with van der Waals surface area (Å²) in [6.07, 6.45) is 1.52. The molecule has 0 saturated carbocycles. The van der Waals surface area contributed by atoms with Crippen LogP contribution in [0.2, 0.25) is 5.02 Å². The van der Waals surface area contributed by atoms with Crippen molar-refractivity contribution in [3.05, 3.63) is 70.7 Å². The van der Waals surface area contributed by atoms with E-state index in [4.69, 9.17) is 16.8 Å². The average molecular weight is 260 g/mol. The average Bonchev–Trinajstić information content (AvgIpc) is 2.43. The highest BCUT2D eigenvalue weighted by atomic mass is 35.5. The fourth-order valence-corrected chi connectivity index (χ4v) is 1.92. The second kappa shape index (κ2) is 6.22. The SMILES string of the molecule is O/N=C(/CCc1ccc(Cl)cc1)c1ccccc1. The molecule has 92 valence electrons. The van der Waals surface area contributed by atoms with Crippen molar-refractivity contribution in [2.75, 3.05) is 0 Å². The molecule has 18 heavy (non-hydrogen) atoms. The number of rotatable bonds is 4. The normalized spacial score (nSPS) is 11.5. The van der Waals surface area contributed by atoms with Gasteiger partial charge in [0.05, 0.1) is 5.71 Å². The first-order valence-corrected chi connectivity index (χ1v) is 6.18. The Morgan fingerprint density at radius 1 is 1.00 bits per heavy atom. The first kappa shape index (κ1) is 12.7. The molecule has 0 spiro atoms.